The Hall–Kier alpha value is -4.20. The molecule has 0 saturated heterocycles. The number of ether oxygens (including phenoxy) is 1. The van der Waals surface area contributed by atoms with Gasteiger partial charge in [0.2, 0.25) is 11.2 Å². The molecular weight excluding hydrogens is 399 g/mol. The van der Waals surface area contributed by atoms with Crippen LogP contribution in [0.1, 0.15) is 5.82 Å². The van der Waals surface area contributed by atoms with Gasteiger partial charge in [0.15, 0.2) is 17.2 Å². The zero-order chi connectivity index (χ0) is 21.5. The lowest BCUT2D eigenvalue weighted by Crippen LogP contribution is -2.08. The van der Waals surface area contributed by atoms with Crippen LogP contribution in [0.3, 0.4) is 0 Å². The first kappa shape index (κ1) is 18.8. The number of H-pyrrole nitrogens is 2. The number of hydrogen-bond donors (Lipinski definition) is 2. The van der Waals surface area contributed by atoms with Gasteiger partial charge in [0.25, 0.3) is 0 Å². The van der Waals surface area contributed by atoms with Gasteiger partial charge in [0.05, 0.1) is 42.6 Å². The Bertz CT molecular complexity index is 1450. The molecule has 0 spiro atoms. The topological polar surface area (TPSA) is 96.8 Å². The number of benzene rings is 2. The van der Waals surface area contributed by atoms with Gasteiger partial charge in [-0.05, 0) is 24.6 Å². The Morgan fingerprint density at radius 1 is 1.03 bits per heavy atom. The van der Waals surface area contributed by atoms with E-state index in [2.05, 4.69) is 19.9 Å². The molecule has 0 saturated carbocycles. The van der Waals surface area contributed by atoms with Gasteiger partial charge < -0.3 is 19.1 Å². The van der Waals surface area contributed by atoms with E-state index in [1.165, 1.54) is 13.2 Å². The summed E-state index contributed by atoms with van der Waals surface area (Å²) in [6.07, 6.45) is 4.89. The second-order valence-corrected chi connectivity index (χ2v) is 7.05. The minimum Gasteiger partial charge on any atom is -0.490 e. The van der Waals surface area contributed by atoms with Crippen LogP contribution in [-0.2, 0) is 0 Å². The maximum absolute atomic E-state index is 15.0. The Labute approximate surface area is 175 Å². The highest BCUT2D eigenvalue weighted by molar-refractivity contribution is 5.86. The molecule has 0 amide bonds. The number of rotatable bonds is 4. The number of aryl methyl sites for hydroxylation is 1. The van der Waals surface area contributed by atoms with E-state index in [-0.39, 0.29) is 22.5 Å². The van der Waals surface area contributed by atoms with Crippen LogP contribution in [0.25, 0.3) is 44.8 Å². The number of aromatic nitrogens is 4. The van der Waals surface area contributed by atoms with E-state index in [4.69, 9.17) is 9.15 Å². The van der Waals surface area contributed by atoms with Crippen LogP contribution in [0.5, 0.6) is 5.75 Å². The molecule has 8 heteroatoms. The maximum Gasteiger partial charge on any atom is 0.235 e. The summed E-state index contributed by atoms with van der Waals surface area (Å²) in [4.78, 5) is 27.4. The lowest BCUT2D eigenvalue weighted by atomic mass is 10.0. The first-order valence-corrected chi connectivity index (χ1v) is 9.50. The third-order valence-corrected chi connectivity index (χ3v) is 5.08. The van der Waals surface area contributed by atoms with E-state index >= 15 is 0 Å². The fourth-order valence-electron chi connectivity index (χ4n) is 3.55. The highest BCUT2D eigenvalue weighted by Crippen LogP contribution is 2.34. The van der Waals surface area contributed by atoms with Gasteiger partial charge >= 0.3 is 0 Å². The van der Waals surface area contributed by atoms with Crippen LogP contribution >= 0.6 is 0 Å². The molecule has 0 unspecified atom stereocenters. The maximum atomic E-state index is 15.0. The summed E-state index contributed by atoms with van der Waals surface area (Å²) >= 11 is 0. The van der Waals surface area contributed by atoms with Gasteiger partial charge in [0.1, 0.15) is 5.82 Å². The molecule has 5 aromatic rings. The first-order chi connectivity index (χ1) is 15.0. The number of aromatic amines is 2. The highest BCUT2D eigenvalue weighted by atomic mass is 19.1. The summed E-state index contributed by atoms with van der Waals surface area (Å²) in [5.74, 6) is 0.225. The number of nitrogens with one attached hydrogen (secondary N) is 2. The van der Waals surface area contributed by atoms with Gasteiger partial charge in [-0.25, -0.2) is 14.4 Å². The Morgan fingerprint density at radius 2 is 1.81 bits per heavy atom. The zero-order valence-electron chi connectivity index (χ0n) is 16.7. The number of halogens is 1. The molecule has 7 nitrogen and oxygen atoms in total. The molecule has 3 heterocycles. The molecule has 0 atom stereocenters. The molecule has 31 heavy (non-hydrogen) atoms. The summed E-state index contributed by atoms with van der Waals surface area (Å²) in [5, 5.41) is 0.0944. The second-order valence-electron chi connectivity index (χ2n) is 7.05. The quantitative estimate of drug-likeness (QED) is 0.443. The summed E-state index contributed by atoms with van der Waals surface area (Å²) in [7, 11) is 1.39. The fourth-order valence-corrected chi connectivity index (χ4v) is 3.55. The van der Waals surface area contributed by atoms with Crippen molar-refractivity contribution in [2.45, 2.75) is 6.92 Å². The molecular formula is C23H17FN4O3. The minimum absolute atomic E-state index is 0.0131. The number of hydrogen-bond acceptors (Lipinski definition) is 5. The molecule has 0 fully saturated rings. The van der Waals surface area contributed by atoms with Crippen LogP contribution in [0.2, 0.25) is 0 Å². The summed E-state index contributed by atoms with van der Waals surface area (Å²) in [6.45, 7) is 1.79. The lowest BCUT2D eigenvalue weighted by Gasteiger charge is -2.11. The molecule has 0 aliphatic carbocycles. The van der Waals surface area contributed by atoms with Crippen molar-refractivity contribution >= 4 is 11.0 Å². The van der Waals surface area contributed by atoms with Crippen molar-refractivity contribution in [3.8, 4) is 39.6 Å². The van der Waals surface area contributed by atoms with Crippen molar-refractivity contribution in [2.75, 3.05) is 7.11 Å². The van der Waals surface area contributed by atoms with Crippen LogP contribution in [0.15, 0.2) is 64.3 Å². The van der Waals surface area contributed by atoms with E-state index in [0.29, 0.717) is 22.6 Å². The SMILES string of the molecule is COc1c(-c2ccc(-c3cnc[nH]3)cc2)oc2c(F)cc(-c3cnc(C)[nH]3)cc2c1=O. The van der Waals surface area contributed by atoms with E-state index in [9.17, 15) is 9.18 Å². The molecule has 5 rings (SSSR count). The molecule has 3 aromatic heterocycles. The van der Waals surface area contributed by atoms with Crippen LogP contribution in [-0.4, -0.2) is 27.0 Å². The Morgan fingerprint density at radius 3 is 2.45 bits per heavy atom. The van der Waals surface area contributed by atoms with Crippen molar-refractivity contribution in [3.05, 3.63) is 77.0 Å². The van der Waals surface area contributed by atoms with E-state index in [0.717, 1.165) is 11.3 Å². The lowest BCUT2D eigenvalue weighted by molar-refractivity contribution is 0.397. The standard InChI is InChI=1S/C23H17FN4O3/c1-12-26-10-19(28-12)15-7-16-20(29)23(30-2)21(31-22(16)17(24)8-15)14-5-3-13(4-6-14)18-9-25-11-27-18/h3-11H,1-2H3,(H,25,27)(H,26,28). The first-order valence-electron chi connectivity index (χ1n) is 9.50. The van der Waals surface area contributed by atoms with Gasteiger partial charge in [-0.1, -0.05) is 24.3 Å². The van der Waals surface area contributed by atoms with Crippen LogP contribution < -0.4 is 10.2 Å². The largest absolute Gasteiger partial charge is 0.490 e. The Balaban J connectivity index is 1.67. The fraction of sp³-hybridized carbons (Fsp3) is 0.0870. The zero-order valence-corrected chi connectivity index (χ0v) is 16.7. The number of fused-ring (bicyclic) bond motifs is 1. The molecule has 0 radical (unpaired) electrons. The van der Waals surface area contributed by atoms with Crippen molar-refractivity contribution in [3.63, 3.8) is 0 Å². The molecule has 0 aliphatic rings. The Kier molecular flexibility index (Phi) is 4.39. The van der Waals surface area contributed by atoms with Gasteiger partial charge in [-0.3, -0.25) is 4.79 Å². The number of nitrogens with zero attached hydrogens (tertiary/aromatic N) is 2. The van der Waals surface area contributed by atoms with E-state index < -0.39 is 11.2 Å². The molecule has 154 valence electrons. The highest BCUT2D eigenvalue weighted by Gasteiger charge is 2.20. The van der Waals surface area contributed by atoms with Crippen molar-refractivity contribution in [2.24, 2.45) is 0 Å². The second kappa shape index (κ2) is 7.24. The van der Waals surface area contributed by atoms with Gasteiger partial charge in [-0.2, -0.15) is 0 Å². The summed E-state index contributed by atoms with van der Waals surface area (Å²) in [6, 6.07) is 10.2. The van der Waals surface area contributed by atoms with Crippen molar-refractivity contribution in [1.82, 2.24) is 19.9 Å². The predicted octanol–water partition coefficient (Wildman–Crippen LogP) is 4.70. The summed E-state index contributed by atoms with van der Waals surface area (Å²) < 4.78 is 26.2. The normalized spacial score (nSPS) is 11.2. The third kappa shape index (κ3) is 3.18. The molecule has 2 aromatic carbocycles. The minimum atomic E-state index is -0.644. The average molecular weight is 416 g/mol. The molecule has 0 bridgehead atoms. The van der Waals surface area contributed by atoms with Crippen molar-refractivity contribution in [1.29, 1.82) is 0 Å². The smallest absolute Gasteiger partial charge is 0.235 e. The summed E-state index contributed by atoms with van der Waals surface area (Å²) in [5.41, 5.74) is 2.88. The van der Waals surface area contributed by atoms with Crippen molar-refractivity contribution < 1.29 is 13.5 Å². The van der Waals surface area contributed by atoms with Gasteiger partial charge in [-0.15, -0.1) is 0 Å². The molecule has 2 N–H and O–H groups in total. The molecule has 0 aliphatic heterocycles. The number of imidazole rings is 2. The third-order valence-electron chi connectivity index (χ3n) is 5.08. The number of methoxy groups -OCH3 is 1. The van der Waals surface area contributed by atoms with E-state index in [1.807, 2.05) is 12.1 Å². The van der Waals surface area contributed by atoms with Crippen LogP contribution in [0, 0.1) is 12.7 Å². The van der Waals surface area contributed by atoms with Crippen LogP contribution in [0.4, 0.5) is 4.39 Å². The monoisotopic (exact) mass is 416 g/mol. The van der Waals surface area contributed by atoms with Gasteiger partial charge in [0, 0.05) is 11.1 Å². The average Bonchev–Trinajstić information content (AvgIpc) is 3.46. The van der Waals surface area contributed by atoms with E-state index in [1.54, 1.807) is 43.8 Å². The predicted molar refractivity (Wildman–Crippen MR) is 114 cm³/mol.